The molecule has 0 saturated carbocycles. The Morgan fingerprint density at radius 3 is 2.88 bits per heavy atom. The quantitative estimate of drug-likeness (QED) is 0.616. The van der Waals surface area contributed by atoms with Crippen LogP contribution in [0.3, 0.4) is 0 Å². The van der Waals surface area contributed by atoms with Crippen molar-refractivity contribution in [1.29, 1.82) is 0 Å². The summed E-state index contributed by atoms with van der Waals surface area (Å²) in [5, 5.41) is 16.5. The Bertz CT molecular complexity index is 1060. The Labute approximate surface area is 149 Å². The summed E-state index contributed by atoms with van der Waals surface area (Å²) in [6.07, 6.45) is 2.30. The highest BCUT2D eigenvalue weighted by atomic mass is 16.5. The lowest BCUT2D eigenvalue weighted by atomic mass is 10.1. The Hall–Kier alpha value is -3.48. The van der Waals surface area contributed by atoms with Gasteiger partial charge in [0, 0.05) is 18.2 Å². The van der Waals surface area contributed by atoms with E-state index in [-0.39, 0.29) is 6.10 Å². The Balaban J connectivity index is 1.44. The van der Waals surface area contributed by atoms with Gasteiger partial charge in [-0.25, -0.2) is 4.98 Å². The second-order valence-corrected chi connectivity index (χ2v) is 6.15. The van der Waals surface area contributed by atoms with Crippen molar-refractivity contribution in [3.05, 3.63) is 66.6 Å². The smallest absolute Gasteiger partial charge is 0.177 e. The Morgan fingerprint density at radius 1 is 1.04 bits per heavy atom. The summed E-state index contributed by atoms with van der Waals surface area (Å²) in [5.41, 5.74) is 2.67. The molecule has 0 bridgehead atoms. The van der Waals surface area contributed by atoms with Crippen LogP contribution in [0.15, 0.2) is 60.8 Å². The largest absolute Gasteiger partial charge is 0.484 e. The molecular weight excluding hydrogens is 328 g/mol. The van der Waals surface area contributed by atoms with Crippen LogP contribution in [0.5, 0.6) is 5.75 Å². The molecule has 0 saturated heterocycles. The van der Waals surface area contributed by atoms with Crippen molar-refractivity contribution >= 4 is 11.5 Å². The Kier molecular flexibility index (Phi) is 3.48. The number of hydrogen-bond acceptors (Lipinski definition) is 6. The zero-order chi connectivity index (χ0) is 17.3. The number of anilines is 1. The van der Waals surface area contributed by atoms with Gasteiger partial charge in [-0.3, -0.25) is 0 Å². The molecule has 1 unspecified atom stereocenters. The molecule has 1 aromatic carbocycles. The van der Waals surface area contributed by atoms with Crippen molar-refractivity contribution < 1.29 is 4.74 Å². The second-order valence-electron chi connectivity index (χ2n) is 6.15. The van der Waals surface area contributed by atoms with Gasteiger partial charge in [0.15, 0.2) is 23.0 Å². The molecule has 1 atom stereocenters. The minimum Gasteiger partial charge on any atom is -0.484 e. The van der Waals surface area contributed by atoms with Crippen LogP contribution in [0.25, 0.3) is 16.9 Å². The summed E-state index contributed by atoms with van der Waals surface area (Å²) in [6, 6.07) is 17.7. The van der Waals surface area contributed by atoms with Crippen LogP contribution in [0.1, 0.15) is 5.82 Å². The van der Waals surface area contributed by atoms with Gasteiger partial charge in [0.05, 0.1) is 12.2 Å². The molecule has 0 fully saturated rings. The van der Waals surface area contributed by atoms with Crippen LogP contribution >= 0.6 is 0 Å². The van der Waals surface area contributed by atoms with Crippen LogP contribution in [0.4, 0.5) is 5.82 Å². The first-order chi connectivity index (χ1) is 12.9. The molecule has 0 spiro atoms. The molecular formula is C19H16N6O. The summed E-state index contributed by atoms with van der Waals surface area (Å²) < 4.78 is 7.83. The van der Waals surface area contributed by atoms with E-state index in [1.54, 1.807) is 10.7 Å². The number of hydrogen-bond donors (Lipinski definition) is 1. The minimum atomic E-state index is -0.0544. The number of rotatable bonds is 3. The monoisotopic (exact) mass is 344 g/mol. The molecule has 3 aromatic heterocycles. The number of pyridine rings is 1. The van der Waals surface area contributed by atoms with Gasteiger partial charge in [0.1, 0.15) is 6.10 Å². The molecule has 26 heavy (non-hydrogen) atoms. The van der Waals surface area contributed by atoms with Crippen molar-refractivity contribution in [3.63, 3.8) is 0 Å². The lowest BCUT2D eigenvalue weighted by molar-refractivity contribution is 0.202. The fraction of sp³-hybridized carbons (Fsp3) is 0.158. The second kappa shape index (κ2) is 6.11. The molecule has 1 aliphatic rings. The van der Waals surface area contributed by atoms with E-state index in [0.717, 1.165) is 34.3 Å². The maximum absolute atomic E-state index is 6.04. The van der Waals surface area contributed by atoms with Crippen LogP contribution in [-0.2, 0) is 6.42 Å². The van der Waals surface area contributed by atoms with Gasteiger partial charge < -0.3 is 10.1 Å². The third-order valence-corrected chi connectivity index (χ3v) is 4.37. The van der Waals surface area contributed by atoms with Gasteiger partial charge in [-0.05, 0) is 24.3 Å². The number of benzene rings is 1. The molecule has 128 valence electrons. The molecule has 7 heteroatoms. The van der Waals surface area contributed by atoms with Crippen LogP contribution in [0.2, 0.25) is 0 Å². The van der Waals surface area contributed by atoms with Gasteiger partial charge in [0.2, 0.25) is 0 Å². The van der Waals surface area contributed by atoms with E-state index in [4.69, 9.17) is 9.84 Å². The zero-order valence-electron chi connectivity index (χ0n) is 13.9. The number of nitrogens with zero attached hydrogens (tertiary/aromatic N) is 5. The van der Waals surface area contributed by atoms with Crippen molar-refractivity contribution in [2.24, 2.45) is 0 Å². The molecule has 4 aromatic rings. The number of nitrogens with one attached hydrogen (secondary N) is 1. The van der Waals surface area contributed by atoms with Gasteiger partial charge in [-0.2, -0.15) is 9.61 Å². The lowest BCUT2D eigenvalue weighted by Gasteiger charge is -2.25. The van der Waals surface area contributed by atoms with E-state index in [2.05, 4.69) is 20.5 Å². The fourth-order valence-electron chi connectivity index (χ4n) is 3.09. The van der Waals surface area contributed by atoms with Gasteiger partial charge >= 0.3 is 0 Å². The maximum atomic E-state index is 6.04. The standard InChI is InChI=1S/C19H16N6O/c1-2-5-13(6-3-1)15-8-9-17-22-23-18(25(17)24-15)11-14-12-21-19-16(26-14)7-4-10-20-19/h1-10,14H,11-12H2,(H,20,21). The van der Waals surface area contributed by atoms with E-state index in [1.807, 2.05) is 54.6 Å². The number of aromatic nitrogens is 5. The van der Waals surface area contributed by atoms with Crippen LogP contribution in [0, 0.1) is 0 Å². The van der Waals surface area contributed by atoms with Crippen molar-refractivity contribution in [2.45, 2.75) is 12.5 Å². The topological polar surface area (TPSA) is 77.2 Å². The summed E-state index contributed by atoms with van der Waals surface area (Å²) in [7, 11) is 0. The van der Waals surface area contributed by atoms with Gasteiger partial charge in [-0.15, -0.1) is 10.2 Å². The average Bonchev–Trinajstić information content (AvgIpc) is 3.10. The molecule has 5 rings (SSSR count). The average molecular weight is 344 g/mol. The first kappa shape index (κ1) is 14.8. The van der Waals surface area contributed by atoms with Gasteiger partial charge in [-0.1, -0.05) is 30.3 Å². The maximum Gasteiger partial charge on any atom is 0.177 e. The molecule has 0 aliphatic carbocycles. The number of fused-ring (bicyclic) bond motifs is 2. The first-order valence-electron chi connectivity index (χ1n) is 8.49. The predicted octanol–water partition coefficient (Wildman–Crippen LogP) is 2.60. The van der Waals surface area contributed by atoms with Gasteiger partial charge in [0.25, 0.3) is 0 Å². The van der Waals surface area contributed by atoms with E-state index < -0.39 is 0 Å². The molecule has 7 nitrogen and oxygen atoms in total. The summed E-state index contributed by atoms with van der Waals surface area (Å²) in [6.45, 7) is 0.664. The Morgan fingerprint density at radius 2 is 1.96 bits per heavy atom. The highest BCUT2D eigenvalue weighted by molar-refractivity contribution is 5.60. The molecule has 0 radical (unpaired) electrons. The van der Waals surface area contributed by atoms with E-state index in [1.165, 1.54) is 0 Å². The fourth-order valence-corrected chi connectivity index (χ4v) is 3.09. The van der Waals surface area contributed by atoms with Crippen molar-refractivity contribution in [3.8, 4) is 17.0 Å². The third-order valence-electron chi connectivity index (χ3n) is 4.37. The van der Waals surface area contributed by atoms with Crippen LogP contribution in [-0.4, -0.2) is 37.4 Å². The molecule has 4 heterocycles. The molecule has 1 aliphatic heterocycles. The SMILES string of the molecule is c1ccc(-c2ccc3nnc(CC4CNc5ncccc5O4)n3n2)cc1. The first-order valence-corrected chi connectivity index (χ1v) is 8.49. The summed E-state index contributed by atoms with van der Waals surface area (Å²) >= 11 is 0. The molecule has 0 amide bonds. The summed E-state index contributed by atoms with van der Waals surface area (Å²) in [4.78, 5) is 4.26. The zero-order valence-corrected chi connectivity index (χ0v) is 13.9. The van der Waals surface area contributed by atoms with Crippen molar-refractivity contribution in [1.82, 2.24) is 24.8 Å². The lowest BCUT2D eigenvalue weighted by Crippen LogP contribution is -2.33. The highest BCUT2D eigenvalue weighted by Crippen LogP contribution is 2.26. The minimum absolute atomic E-state index is 0.0544. The number of ether oxygens (including phenoxy) is 1. The van der Waals surface area contributed by atoms with Crippen molar-refractivity contribution in [2.75, 3.05) is 11.9 Å². The van der Waals surface area contributed by atoms with E-state index in [9.17, 15) is 0 Å². The normalized spacial score (nSPS) is 15.9. The third kappa shape index (κ3) is 2.63. The highest BCUT2D eigenvalue weighted by Gasteiger charge is 2.22. The summed E-state index contributed by atoms with van der Waals surface area (Å²) in [5.74, 6) is 2.31. The van der Waals surface area contributed by atoms with E-state index >= 15 is 0 Å². The predicted molar refractivity (Wildman–Crippen MR) is 97.1 cm³/mol. The van der Waals surface area contributed by atoms with Crippen LogP contribution < -0.4 is 10.1 Å². The van der Waals surface area contributed by atoms with E-state index in [0.29, 0.717) is 13.0 Å². The molecule has 1 N–H and O–H groups in total.